The second-order valence-electron chi connectivity index (χ2n) is 6.36. The molecule has 3 rings (SSSR count). The first-order valence-corrected chi connectivity index (χ1v) is 10.3. The number of rotatable bonds is 7. The third-order valence-electron chi connectivity index (χ3n) is 4.13. The van der Waals surface area contributed by atoms with Crippen LogP contribution in [0, 0.1) is 0 Å². The van der Waals surface area contributed by atoms with E-state index in [0.29, 0.717) is 28.6 Å². The van der Waals surface area contributed by atoms with Crippen LogP contribution in [0.5, 0.6) is 0 Å². The molecular weight excluding hydrogens is 417 g/mol. The average Bonchev–Trinajstić information content (AvgIpc) is 3.07. The largest absolute Gasteiger partial charge is 0.336 e. The van der Waals surface area contributed by atoms with Crippen molar-refractivity contribution in [2.24, 2.45) is 0 Å². The Labute approximate surface area is 177 Å². The second-order valence-corrected chi connectivity index (χ2v) is 8.29. The Morgan fingerprint density at radius 1 is 1.14 bits per heavy atom. The number of likely N-dealkylation sites (N-methyl/N-ethyl adjacent to an activating group) is 1. The minimum absolute atomic E-state index is 0.0276. The van der Waals surface area contributed by atoms with E-state index < -0.39 is 0 Å². The number of carbonyl (C=O) groups is 2. The first-order valence-electron chi connectivity index (χ1n) is 8.75. The summed E-state index contributed by atoms with van der Waals surface area (Å²) >= 11 is 13.4. The molecule has 0 bridgehead atoms. The minimum atomic E-state index is -0.291. The first-order chi connectivity index (χ1) is 13.4. The van der Waals surface area contributed by atoms with Gasteiger partial charge in [-0.15, -0.1) is 11.3 Å². The summed E-state index contributed by atoms with van der Waals surface area (Å²) in [6.45, 7) is -0.0276. The highest BCUT2D eigenvalue weighted by atomic mass is 35.5. The third kappa shape index (κ3) is 5.44. The van der Waals surface area contributed by atoms with Gasteiger partial charge in [0.2, 0.25) is 11.8 Å². The molecule has 0 aliphatic heterocycles. The molecule has 2 amide bonds. The van der Waals surface area contributed by atoms with Gasteiger partial charge in [0, 0.05) is 19.2 Å². The van der Waals surface area contributed by atoms with Gasteiger partial charge in [0.25, 0.3) is 0 Å². The summed E-state index contributed by atoms with van der Waals surface area (Å²) in [5.74, 6) is -0.370. The number of halogens is 2. The molecule has 0 atom stereocenters. The topological polar surface area (TPSA) is 62.3 Å². The molecule has 8 heteroatoms. The van der Waals surface area contributed by atoms with Gasteiger partial charge in [-0.3, -0.25) is 9.59 Å². The Kier molecular flexibility index (Phi) is 6.88. The van der Waals surface area contributed by atoms with Crippen LogP contribution in [0.3, 0.4) is 0 Å². The van der Waals surface area contributed by atoms with E-state index in [4.69, 9.17) is 23.2 Å². The molecule has 1 aromatic heterocycles. The first kappa shape index (κ1) is 20.6. The van der Waals surface area contributed by atoms with Gasteiger partial charge in [0.1, 0.15) is 0 Å². The maximum atomic E-state index is 12.3. The molecule has 0 aliphatic carbocycles. The van der Waals surface area contributed by atoms with Crippen LogP contribution in [0.2, 0.25) is 10.0 Å². The highest BCUT2D eigenvalue weighted by Crippen LogP contribution is 2.25. The summed E-state index contributed by atoms with van der Waals surface area (Å²) < 4.78 is 1.15. The van der Waals surface area contributed by atoms with Crippen molar-refractivity contribution >= 4 is 62.3 Å². The van der Waals surface area contributed by atoms with E-state index in [1.54, 1.807) is 36.6 Å². The molecule has 0 saturated heterocycles. The van der Waals surface area contributed by atoms with Gasteiger partial charge in [-0.05, 0) is 43.2 Å². The maximum absolute atomic E-state index is 12.3. The van der Waals surface area contributed by atoms with Crippen LogP contribution in [0.25, 0.3) is 10.2 Å². The standard InChI is InChI=1S/C20H19Cl2N3O2S/c1-25(12-18(26)23-13-9-10-14(21)15(22)11-13)20(27)8-4-7-19-24-16-5-2-3-6-17(16)28-19/h2-3,5-6,9-11H,4,7-8,12H2,1H3,(H,23,26). The van der Waals surface area contributed by atoms with Crippen LogP contribution in [-0.4, -0.2) is 35.3 Å². The number of para-hydroxylation sites is 1. The number of aryl methyl sites for hydroxylation is 1. The number of aromatic nitrogens is 1. The van der Waals surface area contributed by atoms with Crippen molar-refractivity contribution in [2.45, 2.75) is 19.3 Å². The number of anilines is 1. The number of thiazole rings is 1. The van der Waals surface area contributed by atoms with Gasteiger partial charge in [-0.1, -0.05) is 35.3 Å². The molecule has 5 nitrogen and oxygen atoms in total. The number of benzene rings is 2. The van der Waals surface area contributed by atoms with Crippen molar-refractivity contribution in [3.05, 3.63) is 57.5 Å². The predicted octanol–water partition coefficient (Wildman–Crippen LogP) is 5.02. The maximum Gasteiger partial charge on any atom is 0.243 e. The highest BCUT2D eigenvalue weighted by Gasteiger charge is 2.14. The van der Waals surface area contributed by atoms with E-state index in [1.807, 2.05) is 24.3 Å². The molecule has 0 spiro atoms. The predicted molar refractivity (Wildman–Crippen MR) is 115 cm³/mol. The van der Waals surface area contributed by atoms with Crippen molar-refractivity contribution in [3.63, 3.8) is 0 Å². The van der Waals surface area contributed by atoms with Crippen molar-refractivity contribution < 1.29 is 9.59 Å². The molecule has 0 aliphatic rings. The Morgan fingerprint density at radius 2 is 1.93 bits per heavy atom. The summed E-state index contributed by atoms with van der Waals surface area (Å²) in [7, 11) is 1.62. The molecule has 3 aromatic rings. The lowest BCUT2D eigenvalue weighted by Crippen LogP contribution is -2.34. The van der Waals surface area contributed by atoms with E-state index in [9.17, 15) is 9.59 Å². The van der Waals surface area contributed by atoms with Crippen LogP contribution < -0.4 is 5.32 Å². The van der Waals surface area contributed by atoms with E-state index in [1.165, 1.54) is 4.90 Å². The monoisotopic (exact) mass is 435 g/mol. The highest BCUT2D eigenvalue weighted by molar-refractivity contribution is 7.18. The molecule has 0 radical (unpaired) electrons. The molecule has 2 aromatic carbocycles. The Balaban J connectivity index is 1.44. The normalized spacial score (nSPS) is 10.8. The van der Waals surface area contributed by atoms with Crippen LogP contribution in [-0.2, 0) is 16.0 Å². The fourth-order valence-electron chi connectivity index (χ4n) is 2.69. The minimum Gasteiger partial charge on any atom is -0.336 e. The van der Waals surface area contributed by atoms with Crippen LogP contribution in [0.1, 0.15) is 17.8 Å². The van der Waals surface area contributed by atoms with Gasteiger partial charge in [-0.25, -0.2) is 4.98 Å². The molecule has 1 heterocycles. The summed E-state index contributed by atoms with van der Waals surface area (Å²) in [6.07, 6.45) is 1.80. The molecule has 0 saturated carbocycles. The second kappa shape index (κ2) is 9.37. The Bertz CT molecular complexity index is 973. The molecule has 0 unspecified atom stereocenters. The van der Waals surface area contributed by atoms with E-state index in [-0.39, 0.29) is 18.4 Å². The van der Waals surface area contributed by atoms with Gasteiger partial charge < -0.3 is 10.2 Å². The summed E-state index contributed by atoms with van der Waals surface area (Å²) in [5, 5.41) is 4.51. The van der Waals surface area contributed by atoms with Gasteiger partial charge in [0.05, 0.1) is 31.8 Å². The zero-order valence-electron chi connectivity index (χ0n) is 15.2. The SMILES string of the molecule is CN(CC(=O)Nc1ccc(Cl)c(Cl)c1)C(=O)CCCc1nc2ccccc2s1. The molecule has 146 valence electrons. The number of carbonyl (C=O) groups excluding carboxylic acids is 2. The van der Waals surface area contributed by atoms with E-state index in [2.05, 4.69) is 10.3 Å². The molecule has 0 fully saturated rings. The average molecular weight is 436 g/mol. The van der Waals surface area contributed by atoms with Crippen LogP contribution >= 0.6 is 34.5 Å². The fourth-order valence-corrected chi connectivity index (χ4v) is 3.99. The van der Waals surface area contributed by atoms with Crippen LogP contribution in [0.4, 0.5) is 5.69 Å². The van der Waals surface area contributed by atoms with Crippen molar-refractivity contribution in [1.29, 1.82) is 0 Å². The number of amides is 2. The zero-order valence-corrected chi connectivity index (χ0v) is 17.6. The van der Waals surface area contributed by atoms with Gasteiger partial charge >= 0.3 is 0 Å². The number of nitrogens with zero attached hydrogens (tertiary/aromatic N) is 2. The lowest BCUT2D eigenvalue weighted by atomic mass is 10.2. The summed E-state index contributed by atoms with van der Waals surface area (Å²) in [4.78, 5) is 30.4. The third-order valence-corrected chi connectivity index (χ3v) is 5.96. The lowest BCUT2D eigenvalue weighted by molar-refractivity contribution is -0.133. The van der Waals surface area contributed by atoms with E-state index in [0.717, 1.165) is 21.6 Å². The number of fused-ring (bicyclic) bond motifs is 1. The molecule has 28 heavy (non-hydrogen) atoms. The smallest absolute Gasteiger partial charge is 0.243 e. The van der Waals surface area contributed by atoms with Gasteiger partial charge in [0.15, 0.2) is 0 Å². The van der Waals surface area contributed by atoms with Crippen LogP contribution in [0.15, 0.2) is 42.5 Å². The lowest BCUT2D eigenvalue weighted by Gasteiger charge is -2.16. The number of nitrogens with one attached hydrogen (secondary N) is 1. The fraction of sp³-hybridized carbons (Fsp3) is 0.250. The quantitative estimate of drug-likeness (QED) is 0.566. The van der Waals surface area contributed by atoms with Crippen molar-refractivity contribution in [3.8, 4) is 0 Å². The molecule has 1 N–H and O–H groups in total. The van der Waals surface area contributed by atoms with Crippen molar-refractivity contribution in [1.82, 2.24) is 9.88 Å². The van der Waals surface area contributed by atoms with Crippen molar-refractivity contribution in [2.75, 3.05) is 18.9 Å². The number of hydrogen-bond acceptors (Lipinski definition) is 4. The number of hydrogen-bond donors (Lipinski definition) is 1. The van der Waals surface area contributed by atoms with Gasteiger partial charge in [-0.2, -0.15) is 0 Å². The Hall–Kier alpha value is -2.15. The molecular formula is C20H19Cl2N3O2S. The Morgan fingerprint density at radius 3 is 2.68 bits per heavy atom. The van der Waals surface area contributed by atoms with E-state index >= 15 is 0 Å². The summed E-state index contributed by atoms with van der Waals surface area (Å²) in [5.41, 5.74) is 1.53. The summed E-state index contributed by atoms with van der Waals surface area (Å²) in [6, 6.07) is 12.8. The zero-order chi connectivity index (χ0) is 20.1.